The standard InChI is InChI=1S/C11H18N2O2S2/c1-9(7-12)17(14,15)13(10-4-5-10)8-11-3-2-6-16-11/h2-3,6,9-10H,4-5,7-8,12H2,1H3. The summed E-state index contributed by atoms with van der Waals surface area (Å²) in [5.41, 5.74) is 5.49. The fourth-order valence-corrected chi connectivity index (χ4v) is 4.13. The number of nitrogens with two attached hydrogens (primary N) is 1. The Morgan fingerprint density at radius 1 is 1.59 bits per heavy atom. The molecule has 0 amide bonds. The van der Waals surface area contributed by atoms with Crippen LogP contribution in [0.25, 0.3) is 0 Å². The van der Waals surface area contributed by atoms with Crippen molar-refractivity contribution in [1.29, 1.82) is 0 Å². The number of hydrogen-bond donors (Lipinski definition) is 1. The summed E-state index contributed by atoms with van der Waals surface area (Å²) in [4.78, 5) is 1.09. The van der Waals surface area contributed by atoms with E-state index in [-0.39, 0.29) is 12.6 Å². The molecule has 0 radical (unpaired) electrons. The maximum atomic E-state index is 12.3. The molecule has 1 aromatic rings. The molecule has 4 nitrogen and oxygen atoms in total. The van der Waals surface area contributed by atoms with Gasteiger partial charge in [-0.25, -0.2) is 8.42 Å². The molecule has 1 fully saturated rings. The first-order valence-corrected chi connectivity index (χ1v) is 8.17. The van der Waals surface area contributed by atoms with E-state index in [4.69, 9.17) is 5.73 Å². The maximum absolute atomic E-state index is 12.3. The van der Waals surface area contributed by atoms with Crippen molar-refractivity contribution in [1.82, 2.24) is 4.31 Å². The van der Waals surface area contributed by atoms with Crippen LogP contribution in [0.5, 0.6) is 0 Å². The van der Waals surface area contributed by atoms with Crippen LogP contribution in [0.1, 0.15) is 24.6 Å². The molecule has 1 unspecified atom stereocenters. The minimum atomic E-state index is -3.25. The SMILES string of the molecule is CC(CN)S(=O)(=O)N(Cc1cccs1)C1CC1. The first kappa shape index (κ1) is 13.0. The minimum Gasteiger partial charge on any atom is -0.329 e. The molecule has 1 heterocycles. The van der Waals surface area contributed by atoms with Crippen molar-refractivity contribution in [2.75, 3.05) is 6.54 Å². The van der Waals surface area contributed by atoms with Crippen molar-refractivity contribution in [3.63, 3.8) is 0 Å². The summed E-state index contributed by atoms with van der Waals surface area (Å²) in [5, 5.41) is 1.47. The Labute approximate surface area is 106 Å². The van der Waals surface area contributed by atoms with Gasteiger partial charge in [0.05, 0.1) is 5.25 Å². The van der Waals surface area contributed by atoms with Gasteiger partial charge in [-0.2, -0.15) is 4.31 Å². The maximum Gasteiger partial charge on any atom is 0.218 e. The average Bonchev–Trinajstić information content (AvgIpc) is 3.01. The summed E-state index contributed by atoms with van der Waals surface area (Å²) in [6, 6.07) is 4.11. The minimum absolute atomic E-state index is 0.177. The van der Waals surface area contributed by atoms with Gasteiger partial charge in [0.25, 0.3) is 0 Å². The van der Waals surface area contributed by atoms with Crippen LogP contribution in [-0.4, -0.2) is 30.6 Å². The lowest BCUT2D eigenvalue weighted by Gasteiger charge is -2.24. The molecule has 2 rings (SSSR count). The Morgan fingerprint density at radius 2 is 2.29 bits per heavy atom. The highest BCUT2D eigenvalue weighted by Gasteiger charge is 2.39. The summed E-state index contributed by atoms with van der Waals surface area (Å²) >= 11 is 1.59. The zero-order valence-corrected chi connectivity index (χ0v) is 11.5. The van der Waals surface area contributed by atoms with Crippen LogP contribution < -0.4 is 5.73 Å². The Morgan fingerprint density at radius 3 is 2.76 bits per heavy atom. The Kier molecular flexibility index (Phi) is 3.87. The van der Waals surface area contributed by atoms with Crippen molar-refractivity contribution >= 4 is 21.4 Å². The highest BCUT2D eigenvalue weighted by atomic mass is 32.2. The van der Waals surface area contributed by atoms with Gasteiger partial charge >= 0.3 is 0 Å². The average molecular weight is 274 g/mol. The van der Waals surface area contributed by atoms with E-state index in [1.807, 2.05) is 17.5 Å². The van der Waals surface area contributed by atoms with E-state index in [1.165, 1.54) is 0 Å². The fraction of sp³-hybridized carbons (Fsp3) is 0.636. The molecular formula is C11H18N2O2S2. The van der Waals surface area contributed by atoms with Crippen molar-refractivity contribution in [2.24, 2.45) is 5.73 Å². The highest BCUT2D eigenvalue weighted by molar-refractivity contribution is 7.89. The van der Waals surface area contributed by atoms with Gasteiger partial charge in [0.15, 0.2) is 0 Å². The molecule has 0 saturated heterocycles. The van der Waals surface area contributed by atoms with Crippen LogP contribution in [0, 0.1) is 0 Å². The van der Waals surface area contributed by atoms with Crippen molar-refractivity contribution in [3.8, 4) is 0 Å². The van der Waals surface area contributed by atoms with Crippen LogP contribution in [0.2, 0.25) is 0 Å². The lowest BCUT2D eigenvalue weighted by Crippen LogP contribution is -2.41. The van der Waals surface area contributed by atoms with Gasteiger partial charge in [-0.05, 0) is 31.2 Å². The van der Waals surface area contributed by atoms with Crippen LogP contribution in [0.3, 0.4) is 0 Å². The second-order valence-corrected chi connectivity index (χ2v) is 7.78. The summed E-state index contributed by atoms with van der Waals surface area (Å²) < 4.78 is 26.3. The third-order valence-corrected chi connectivity index (χ3v) is 6.16. The number of sulfonamides is 1. The largest absolute Gasteiger partial charge is 0.329 e. The van der Waals surface area contributed by atoms with Crippen LogP contribution in [-0.2, 0) is 16.6 Å². The van der Waals surface area contributed by atoms with Gasteiger partial charge in [-0.3, -0.25) is 0 Å². The van der Waals surface area contributed by atoms with Gasteiger partial charge in [-0.1, -0.05) is 6.07 Å². The second-order valence-electron chi connectivity index (χ2n) is 4.45. The fourth-order valence-electron chi connectivity index (χ4n) is 1.70. The van der Waals surface area contributed by atoms with E-state index in [9.17, 15) is 8.42 Å². The number of hydrogen-bond acceptors (Lipinski definition) is 4. The Hall–Kier alpha value is -0.430. The van der Waals surface area contributed by atoms with Gasteiger partial charge < -0.3 is 5.73 Å². The highest BCUT2D eigenvalue weighted by Crippen LogP contribution is 2.32. The van der Waals surface area contributed by atoms with Crippen LogP contribution >= 0.6 is 11.3 Å². The molecular weight excluding hydrogens is 256 g/mol. The zero-order chi connectivity index (χ0) is 12.5. The van der Waals surface area contributed by atoms with Crippen LogP contribution in [0.4, 0.5) is 0 Å². The smallest absolute Gasteiger partial charge is 0.218 e. The lowest BCUT2D eigenvalue weighted by atomic mass is 10.4. The first-order valence-electron chi connectivity index (χ1n) is 5.79. The molecule has 0 aliphatic heterocycles. The molecule has 17 heavy (non-hydrogen) atoms. The van der Waals surface area contributed by atoms with Gasteiger partial charge in [-0.15, -0.1) is 11.3 Å². The summed E-state index contributed by atoms with van der Waals surface area (Å²) in [7, 11) is -3.25. The van der Waals surface area contributed by atoms with E-state index >= 15 is 0 Å². The van der Waals surface area contributed by atoms with E-state index in [0.717, 1.165) is 17.7 Å². The lowest BCUT2D eigenvalue weighted by molar-refractivity contribution is 0.395. The molecule has 1 aromatic heterocycles. The normalized spacial score (nSPS) is 18.5. The first-order chi connectivity index (χ1) is 8.05. The van der Waals surface area contributed by atoms with E-state index in [0.29, 0.717) is 6.54 Å². The number of rotatable bonds is 6. The number of nitrogens with zero attached hydrogens (tertiary/aromatic N) is 1. The van der Waals surface area contributed by atoms with Crippen molar-refractivity contribution in [2.45, 2.75) is 37.6 Å². The van der Waals surface area contributed by atoms with E-state index < -0.39 is 15.3 Å². The van der Waals surface area contributed by atoms with Crippen LogP contribution in [0.15, 0.2) is 17.5 Å². The molecule has 0 aromatic carbocycles. The third kappa shape index (κ3) is 2.88. The predicted molar refractivity (Wildman–Crippen MR) is 70.3 cm³/mol. The summed E-state index contributed by atoms with van der Waals surface area (Å²) in [6.45, 7) is 2.35. The van der Waals surface area contributed by atoms with E-state index in [1.54, 1.807) is 22.6 Å². The summed E-state index contributed by atoms with van der Waals surface area (Å²) in [5.74, 6) is 0. The van der Waals surface area contributed by atoms with Gasteiger partial charge in [0.1, 0.15) is 0 Å². The van der Waals surface area contributed by atoms with E-state index in [2.05, 4.69) is 0 Å². The van der Waals surface area contributed by atoms with Crippen molar-refractivity contribution < 1.29 is 8.42 Å². The molecule has 1 aliphatic carbocycles. The molecule has 96 valence electrons. The molecule has 1 aliphatic rings. The third-order valence-electron chi connectivity index (χ3n) is 3.01. The Balaban J connectivity index is 2.17. The molecule has 0 bridgehead atoms. The quantitative estimate of drug-likeness (QED) is 0.852. The molecule has 0 spiro atoms. The zero-order valence-electron chi connectivity index (χ0n) is 9.87. The van der Waals surface area contributed by atoms with Gasteiger partial charge in [0, 0.05) is 24.0 Å². The summed E-state index contributed by atoms with van der Waals surface area (Å²) in [6.07, 6.45) is 1.95. The Bertz CT molecular complexity index is 452. The molecule has 6 heteroatoms. The molecule has 1 saturated carbocycles. The van der Waals surface area contributed by atoms with Gasteiger partial charge in [0.2, 0.25) is 10.0 Å². The molecule has 1 atom stereocenters. The molecule has 2 N–H and O–H groups in total. The monoisotopic (exact) mass is 274 g/mol. The second kappa shape index (κ2) is 5.06. The topological polar surface area (TPSA) is 63.4 Å². The predicted octanol–water partition coefficient (Wildman–Crippen LogP) is 1.39. The van der Waals surface area contributed by atoms with Crippen molar-refractivity contribution in [3.05, 3.63) is 22.4 Å². The number of thiophene rings is 1.